The summed E-state index contributed by atoms with van der Waals surface area (Å²) in [6.07, 6.45) is 0. The molecule has 0 aromatic heterocycles. The summed E-state index contributed by atoms with van der Waals surface area (Å²) in [5.74, 6) is -0.156. The predicted molar refractivity (Wildman–Crippen MR) is 90.9 cm³/mol. The van der Waals surface area contributed by atoms with Crippen molar-refractivity contribution >= 4 is 34.6 Å². The highest BCUT2D eigenvalue weighted by atomic mass is 32.1. The standard InChI is InChI=1S/C16H17N3OS/c1-11-7-9-12(10-8-11)18-16(21)19-14-6-4-3-5-13(14)15(20)17-2/h3-10H,1-2H3,(H,17,20)(H2,18,19,21). The number of carbonyl (C=O) groups excluding carboxylic acids is 1. The van der Waals surface area contributed by atoms with E-state index in [1.54, 1.807) is 13.1 Å². The highest BCUT2D eigenvalue weighted by Crippen LogP contribution is 2.16. The normalized spacial score (nSPS) is 9.81. The van der Waals surface area contributed by atoms with Crippen molar-refractivity contribution in [3.63, 3.8) is 0 Å². The van der Waals surface area contributed by atoms with Gasteiger partial charge in [0.1, 0.15) is 0 Å². The molecular weight excluding hydrogens is 282 g/mol. The zero-order chi connectivity index (χ0) is 15.2. The summed E-state index contributed by atoms with van der Waals surface area (Å²) in [5.41, 5.74) is 3.30. The molecule has 0 aliphatic rings. The number of anilines is 2. The van der Waals surface area contributed by atoms with Crippen LogP contribution in [-0.4, -0.2) is 18.1 Å². The lowest BCUT2D eigenvalue weighted by atomic mass is 10.1. The highest BCUT2D eigenvalue weighted by Gasteiger charge is 2.10. The van der Waals surface area contributed by atoms with E-state index in [1.807, 2.05) is 49.4 Å². The molecule has 0 saturated carbocycles. The molecule has 3 N–H and O–H groups in total. The second-order valence-electron chi connectivity index (χ2n) is 4.57. The lowest BCUT2D eigenvalue weighted by Gasteiger charge is -2.13. The molecule has 0 heterocycles. The summed E-state index contributed by atoms with van der Waals surface area (Å²) in [4.78, 5) is 11.8. The molecule has 2 rings (SSSR count). The third-order valence-electron chi connectivity index (χ3n) is 2.96. The Labute approximate surface area is 129 Å². The first-order valence-corrected chi connectivity index (χ1v) is 6.97. The summed E-state index contributed by atoms with van der Waals surface area (Å²) in [5, 5.41) is 9.19. The minimum absolute atomic E-state index is 0.156. The van der Waals surface area contributed by atoms with Gasteiger partial charge in [-0.1, -0.05) is 29.8 Å². The predicted octanol–water partition coefficient (Wildman–Crippen LogP) is 3.16. The van der Waals surface area contributed by atoms with Crippen LogP contribution in [0, 0.1) is 6.92 Å². The van der Waals surface area contributed by atoms with E-state index in [0.29, 0.717) is 16.4 Å². The van der Waals surface area contributed by atoms with Crippen LogP contribution in [0.15, 0.2) is 48.5 Å². The summed E-state index contributed by atoms with van der Waals surface area (Å²) >= 11 is 5.28. The van der Waals surface area contributed by atoms with Crippen molar-refractivity contribution in [2.24, 2.45) is 0 Å². The Bertz CT molecular complexity index is 653. The molecule has 108 valence electrons. The van der Waals surface area contributed by atoms with E-state index in [2.05, 4.69) is 16.0 Å². The number of rotatable bonds is 3. The monoisotopic (exact) mass is 299 g/mol. The second kappa shape index (κ2) is 6.85. The fraction of sp³-hybridized carbons (Fsp3) is 0.125. The zero-order valence-corrected chi connectivity index (χ0v) is 12.8. The first-order chi connectivity index (χ1) is 10.1. The van der Waals surface area contributed by atoms with Gasteiger partial charge >= 0.3 is 0 Å². The molecule has 21 heavy (non-hydrogen) atoms. The van der Waals surface area contributed by atoms with Crippen LogP contribution in [0.2, 0.25) is 0 Å². The van der Waals surface area contributed by atoms with Crippen LogP contribution < -0.4 is 16.0 Å². The number of nitrogens with one attached hydrogen (secondary N) is 3. The molecule has 2 aromatic rings. The lowest BCUT2D eigenvalue weighted by Crippen LogP contribution is -2.23. The van der Waals surface area contributed by atoms with E-state index in [1.165, 1.54) is 5.56 Å². The molecule has 0 radical (unpaired) electrons. The summed E-state index contributed by atoms with van der Waals surface area (Å²) in [7, 11) is 1.60. The third-order valence-corrected chi connectivity index (χ3v) is 3.16. The van der Waals surface area contributed by atoms with Crippen LogP contribution in [-0.2, 0) is 0 Å². The van der Waals surface area contributed by atoms with E-state index in [0.717, 1.165) is 5.69 Å². The number of hydrogen-bond donors (Lipinski definition) is 3. The Morgan fingerprint density at radius 1 is 1.00 bits per heavy atom. The van der Waals surface area contributed by atoms with Gasteiger partial charge in [-0.25, -0.2) is 0 Å². The quantitative estimate of drug-likeness (QED) is 0.762. The summed E-state index contributed by atoms with van der Waals surface area (Å²) in [6, 6.07) is 15.1. The van der Waals surface area contributed by atoms with Crippen LogP contribution in [0.25, 0.3) is 0 Å². The van der Waals surface area contributed by atoms with Crippen molar-refractivity contribution in [2.45, 2.75) is 6.92 Å². The van der Waals surface area contributed by atoms with E-state index >= 15 is 0 Å². The van der Waals surface area contributed by atoms with E-state index in [9.17, 15) is 4.79 Å². The van der Waals surface area contributed by atoms with E-state index in [-0.39, 0.29) is 5.91 Å². The van der Waals surface area contributed by atoms with E-state index < -0.39 is 0 Å². The largest absolute Gasteiger partial charge is 0.355 e. The van der Waals surface area contributed by atoms with Crippen LogP contribution in [0.5, 0.6) is 0 Å². The van der Waals surface area contributed by atoms with Crippen LogP contribution in [0.3, 0.4) is 0 Å². The minimum Gasteiger partial charge on any atom is -0.355 e. The zero-order valence-electron chi connectivity index (χ0n) is 11.9. The van der Waals surface area contributed by atoms with Gasteiger partial charge in [0.05, 0.1) is 11.3 Å². The van der Waals surface area contributed by atoms with E-state index in [4.69, 9.17) is 12.2 Å². The van der Waals surface area contributed by atoms with Crippen LogP contribution in [0.1, 0.15) is 15.9 Å². The number of thiocarbonyl (C=S) groups is 1. The van der Waals surface area contributed by atoms with Crippen molar-refractivity contribution in [2.75, 3.05) is 17.7 Å². The Kier molecular flexibility index (Phi) is 4.90. The molecule has 0 saturated heterocycles. The molecule has 0 bridgehead atoms. The molecule has 0 fully saturated rings. The molecule has 0 aliphatic carbocycles. The fourth-order valence-corrected chi connectivity index (χ4v) is 2.07. The molecule has 0 unspecified atom stereocenters. The molecule has 0 spiro atoms. The van der Waals surface area contributed by atoms with Crippen LogP contribution >= 0.6 is 12.2 Å². The van der Waals surface area contributed by atoms with Gasteiger partial charge in [0.2, 0.25) is 0 Å². The Morgan fingerprint density at radius 2 is 1.67 bits per heavy atom. The average molecular weight is 299 g/mol. The van der Waals surface area contributed by atoms with Crippen molar-refractivity contribution < 1.29 is 4.79 Å². The molecular formula is C16H17N3OS. The molecule has 4 nitrogen and oxygen atoms in total. The maximum Gasteiger partial charge on any atom is 0.253 e. The number of hydrogen-bond acceptors (Lipinski definition) is 2. The first-order valence-electron chi connectivity index (χ1n) is 6.56. The van der Waals surface area contributed by atoms with Crippen molar-refractivity contribution in [3.8, 4) is 0 Å². The van der Waals surface area contributed by atoms with Gasteiger partial charge in [-0.3, -0.25) is 4.79 Å². The molecule has 0 atom stereocenters. The molecule has 5 heteroatoms. The SMILES string of the molecule is CNC(=O)c1ccccc1NC(=S)Nc1ccc(C)cc1. The maximum atomic E-state index is 11.8. The van der Waals surface area contributed by atoms with Gasteiger partial charge in [0.15, 0.2) is 5.11 Å². The summed E-state index contributed by atoms with van der Waals surface area (Å²) < 4.78 is 0. The number of aryl methyl sites for hydroxylation is 1. The van der Waals surface area contributed by atoms with Gasteiger partial charge in [-0.2, -0.15) is 0 Å². The number of benzene rings is 2. The highest BCUT2D eigenvalue weighted by molar-refractivity contribution is 7.80. The van der Waals surface area contributed by atoms with Gasteiger partial charge in [-0.15, -0.1) is 0 Å². The van der Waals surface area contributed by atoms with Crippen molar-refractivity contribution in [3.05, 3.63) is 59.7 Å². The lowest BCUT2D eigenvalue weighted by molar-refractivity contribution is 0.0964. The Morgan fingerprint density at radius 3 is 2.33 bits per heavy atom. The van der Waals surface area contributed by atoms with Crippen LogP contribution in [0.4, 0.5) is 11.4 Å². The fourth-order valence-electron chi connectivity index (χ4n) is 1.85. The minimum atomic E-state index is -0.156. The molecule has 2 aromatic carbocycles. The topological polar surface area (TPSA) is 53.2 Å². The number of para-hydroxylation sites is 1. The average Bonchev–Trinajstić information content (AvgIpc) is 2.49. The Hall–Kier alpha value is -2.40. The third kappa shape index (κ3) is 4.03. The summed E-state index contributed by atoms with van der Waals surface area (Å²) in [6.45, 7) is 2.03. The maximum absolute atomic E-state index is 11.8. The number of amides is 1. The van der Waals surface area contributed by atoms with Crippen molar-refractivity contribution in [1.82, 2.24) is 5.32 Å². The number of carbonyl (C=O) groups is 1. The molecule has 0 aliphatic heterocycles. The first kappa shape index (κ1) is 15.0. The molecule has 1 amide bonds. The smallest absolute Gasteiger partial charge is 0.253 e. The van der Waals surface area contributed by atoms with Gasteiger partial charge in [0.25, 0.3) is 5.91 Å². The van der Waals surface area contributed by atoms with Crippen molar-refractivity contribution in [1.29, 1.82) is 0 Å². The van der Waals surface area contributed by atoms with Gasteiger partial charge in [-0.05, 0) is 43.4 Å². The second-order valence-corrected chi connectivity index (χ2v) is 4.98. The van der Waals surface area contributed by atoms with Gasteiger partial charge < -0.3 is 16.0 Å². The Balaban J connectivity index is 2.09. The van der Waals surface area contributed by atoms with Gasteiger partial charge in [0, 0.05) is 12.7 Å².